The highest BCUT2D eigenvalue weighted by atomic mass is 35.5. The van der Waals surface area contributed by atoms with Crippen LogP contribution in [0.3, 0.4) is 0 Å². The lowest BCUT2D eigenvalue weighted by Gasteiger charge is -2.31. The molecule has 2 unspecified atom stereocenters. The van der Waals surface area contributed by atoms with Crippen LogP contribution in [0.5, 0.6) is 5.75 Å². The number of primary amides is 1. The van der Waals surface area contributed by atoms with Crippen LogP contribution in [-0.4, -0.2) is 30.1 Å². The molecule has 0 bridgehead atoms. The van der Waals surface area contributed by atoms with E-state index in [2.05, 4.69) is 12.1 Å². The number of amides is 2. The maximum absolute atomic E-state index is 13.1. The standard InChI is InChI=1S/C21H19ClN3O4/c1-2-28-12-29-14-6-3-5-13(11-14)17(9-10-23)25-19(20(24)26)18-15(21(25)27)7-4-8-16(18)22/h3-6,8,11,17,19H,2,9,12H2,1H3,(H2,24,26). The second-order valence-electron chi connectivity index (χ2n) is 6.34. The van der Waals surface area contributed by atoms with Crippen LogP contribution in [0.25, 0.3) is 0 Å². The number of carbonyl (C=O) groups excluding carboxylic acids is 2. The summed E-state index contributed by atoms with van der Waals surface area (Å²) in [6.45, 7) is 2.44. The number of nitrogens with two attached hydrogens (primary N) is 1. The SMILES string of the molecule is CCOCOc1cccc(C(CC#N)N2C(=O)c3[c]ccc(Cl)c3C2C(N)=O)c1. The highest BCUT2D eigenvalue weighted by Crippen LogP contribution is 2.44. The summed E-state index contributed by atoms with van der Waals surface area (Å²) in [7, 11) is 0. The molecule has 0 saturated carbocycles. The molecular weight excluding hydrogens is 394 g/mol. The third kappa shape index (κ3) is 4.04. The molecule has 0 saturated heterocycles. The van der Waals surface area contributed by atoms with Crippen molar-refractivity contribution in [3.8, 4) is 11.8 Å². The molecule has 2 aromatic rings. The molecule has 2 aromatic carbocycles. The number of rotatable bonds is 8. The first-order valence-corrected chi connectivity index (χ1v) is 9.36. The van der Waals surface area contributed by atoms with E-state index in [-0.39, 0.29) is 23.8 Å². The maximum Gasteiger partial charge on any atom is 0.256 e. The molecule has 1 aliphatic rings. The summed E-state index contributed by atoms with van der Waals surface area (Å²) in [5.74, 6) is -0.666. The number of nitrogens with zero attached hydrogens (tertiary/aromatic N) is 2. The van der Waals surface area contributed by atoms with E-state index in [0.717, 1.165) is 0 Å². The lowest BCUT2D eigenvalue weighted by Crippen LogP contribution is -2.39. The number of carbonyl (C=O) groups is 2. The molecule has 1 radical (unpaired) electrons. The number of nitriles is 1. The van der Waals surface area contributed by atoms with Gasteiger partial charge in [-0.05, 0) is 36.8 Å². The van der Waals surface area contributed by atoms with Gasteiger partial charge in [-0.2, -0.15) is 5.26 Å². The molecule has 1 heterocycles. The molecular formula is C21H19ClN3O4. The van der Waals surface area contributed by atoms with Gasteiger partial charge in [0.25, 0.3) is 5.91 Å². The highest BCUT2D eigenvalue weighted by molar-refractivity contribution is 6.32. The van der Waals surface area contributed by atoms with Crippen LogP contribution < -0.4 is 10.5 Å². The van der Waals surface area contributed by atoms with Crippen molar-refractivity contribution in [2.75, 3.05) is 13.4 Å². The molecule has 0 aliphatic carbocycles. The fraction of sp³-hybridized carbons (Fsp3) is 0.286. The minimum Gasteiger partial charge on any atom is -0.468 e. The largest absolute Gasteiger partial charge is 0.468 e. The minimum absolute atomic E-state index is 0.0456. The molecule has 8 heteroatoms. The molecule has 149 valence electrons. The average molecular weight is 413 g/mol. The Kier molecular flexibility index (Phi) is 6.37. The normalized spacial score (nSPS) is 16.2. The number of hydrogen-bond acceptors (Lipinski definition) is 5. The Bertz CT molecular complexity index is 973. The monoisotopic (exact) mass is 412 g/mol. The van der Waals surface area contributed by atoms with Gasteiger partial charge in [0.15, 0.2) is 6.79 Å². The molecule has 29 heavy (non-hydrogen) atoms. The molecule has 0 aromatic heterocycles. The van der Waals surface area contributed by atoms with Gasteiger partial charge in [-0.3, -0.25) is 9.59 Å². The second-order valence-corrected chi connectivity index (χ2v) is 6.74. The summed E-state index contributed by atoms with van der Waals surface area (Å²) in [6, 6.07) is 13.1. The van der Waals surface area contributed by atoms with Crippen molar-refractivity contribution in [2.45, 2.75) is 25.4 Å². The Morgan fingerprint density at radius 2 is 2.24 bits per heavy atom. The summed E-state index contributed by atoms with van der Waals surface area (Å²) in [4.78, 5) is 26.7. The van der Waals surface area contributed by atoms with E-state index in [0.29, 0.717) is 23.5 Å². The topological polar surface area (TPSA) is 106 Å². The van der Waals surface area contributed by atoms with Crippen molar-refractivity contribution >= 4 is 23.4 Å². The van der Waals surface area contributed by atoms with Crippen LogP contribution in [0.4, 0.5) is 0 Å². The van der Waals surface area contributed by atoms with Gasteiger partial charge in [-0.1, -0.05) is 29.8 Å². The number of benzene rings is 2. The molecule has 2 amide bonds. The maximum atomic E-state index is 13.1. The van der Waals surface area contributed by atoms with E-state index in [1.807, 2.05) is 6.92 Å². The Labute approximate surface area is 173 Å². The summed E-state index contributed by atoms with van der Waals surface area (Å²) in [5, 5.41) is 9.65. The van der Waals surface area contributed by atoms with E-state index in [9.17, 15) is 14.9 Å². The van der Waals surface area contributed by atoms with Gasteiger partial charge in [0.1, 0.15) is 11.8 Å². The Hall–Kier alpha value is -3.08. The van der Waals surface area contributed by atoms with Crippen molar-refractivity contribution < 1.29 is 19.1 Å². The van der Waals surface area contributed by atoms with Gasteiger partial charge in [0.2, 0.25) is 5.91 Å². The third-order valence-corrected chi connectivity index (χ3v) is 4.96. The van der Waals surface area contributed by atoms with Crippen LogP contribution >= 0.6 is 11.6 Å². The van der Waals surface area contributed by atoms with Crippen molar-refractivity contribution in [1.82, 2.24) is 4.90 Å². The lowest BCUT2D eigenvalue weighted by atomic mass is 9.99. The number of hydrogen-bond donors (Lipinski definition) is 1. The highest BCUT2D eigenvalue weighted by Gasteiger charge is 2.45. The van der Waals surface area contributed by atoms with Crippen LogP contribution in [0, 0.1) is 17.4 Å². The fourth-order valence-corrected chi connectivity index (χ4v) is 3.64. The summed E-state index contributed by atoms with van der Waals surface area (Å²) < 4.78 is 10.7. The van der Waals surface area contributed by atoms with Crippen LogP contribution in [0.2, 0.25) is 5.02 Å². The minimum atomic E-state index is -1.09. The van der Waals surface area contributed by atoms with Crippen molar-refractivity contribution in [2.24, 2.45) is 5.73 Å². The van der Waals surface area contributed by atoms with Crippen LogP contribution in [0.15, 0.2) is 36.4 Å². The first kappa shape index (κ1) is 20.6. The molecule has 2 atom stereocenters. The van der Waals surface area contributed by atoms with Gasteiger partial charge >= 0.3 is 0 Å². The molecule has 1 aliphatic heterocycles. The van der Waals surface area contributed by atoms with Crippen LogP contribution in [-0.2, 0) is 9.53 Å². The van der Waals surface area contributed by atoms with Gasteiger partial charge in [0.05, 0.1) is 24.1 Å². The second kappa shape index (κ2) is 8.95. The van der Waals surface area contributed by atoms with Gasteiger partial charge < -0.3 is 20.1 Å². The first-order valence-electron chi connectivity index (χ1n) is 8.99. The summed E-state index contributed by atoms with van der Waals surface area (Å²) >= 11 is 6.26. The number of halogens is 1. The van der Waals surface area contributed by atoms with Crippen molar-refractivity contribution in [3.63, 3.8) is 0 Å². The van der Waals surface area contributed by atoms with Crippen molar-refractivity contribution in [1.29, 1.82) is 5.26 Å². The summed E-state index contributed by atoms with van der Waals surface area (Å²) in [6.07, 6.45) is -0.0456. The van der Waals surface area contributed by atoms with Gasteiger partial charge in [-0.25, -0.2) is 0 Å². The molecule has 0 spiro atoms. The zero-order valence-electron chi connectivity index (χ0n) is 15.7. The average Bonchev–Trinajstić information content (AvgIpc) is 3.01. The Morgan fingerprint density at radius 1 is 1.45 bits per heavy atom. The van der Waals surface area contributed by atoms with E-state index < -0.39 is 23.9 Å². The van der Waals surface area contributed by atoms with Gasteiger partial charge in [0, 0.05) is 17.2 Å². The first-order chi connectivity index (χ1) is 14.0. The predicted octanol–water partition coefficient (Wildman–Crippen LogP) is 3.15. The Morgan fingerprint density at radius 3 is 2.93 bits per heavy atom. The van der Waals surface area contributed by atoms with E-state index in [1.165, 1.54) is 11.0 Å². The molecule has 0 fully saturated rings. The smallest absolute Gasteiger partial charge is 0.256 e. The molecule has 2 N–H and O–H groups in total. The van der Waals surface area contributed by atoms with E-state index in [4.69, 9.17) is 26.8 Å². The number of ether oxygens (including phenoxy) is 2. The quantitative estimate of drug-likeness (QED) is 0.529. The van der Waals surface area contributed by atoms with Gasteiger partial charge in [-0.15, -0.1) is 0 Å². The van der Waals surface area contributed by atoms with Crippen molar-refractivity contribution in [3.05, 3.63) is 64.2 Å². The lowest BCUT2D eigenvalue weighted by molar-refractivity contribution is -0.123. The number of fused-ring (bicyclic) bond motifs is 1. The third-order valence-electron chi connectivity index (χ3n) is 4.63. The fourth-order valence-electron chi connectivity index (χ4n) is 3.38. The molecule has 3 rings (SSSR count). The Balaban J connectivity index is 2.02. The van der Waals surface area contributed by atoms with Crippen LogP contribution in [0.1, 0.15) is 46.9 Å². The zero-order valence-corrected chi connectivity index (χ0v) is 16.5. The molecule has 7 nitrogen and oxygen atoms in total. The summed E-state index contributed by atoms with van der Waals surface area (Å²) in [5.41, 5.74) is 6.76. The predicted molar refractivity (Wildman–Crippen MR) is 105 cm³/mol. The van der Waals surface area contributed by atoms with E-state index >= 15 is 0 Å². The van der Waals surface area contributed by atoms with E-state index in [1.54, 1.807) is 30.3 Å². The zero-order chi connectivity index (χ0) is 21.0.